The Morgan fingerprint density at radius 2 is 1.18 bits per heavy atom. The lowest BCUT2D eigenvalue weighted by Crippen LogP contribution is -2.42. The van der Waals surface area contributed by atoms with Crippen LogP contribution in [0, 0.1) is 0 Å². The van der Waals surface area contributed by atoms with Crippen molar-refractivity contribution >= 4 is 7.82 Å². The van der Waals surface area contributed by atoms with Crippen LogP contribution in [0.15, 0.2) is 24.3 Å². The van der Waals surface area contributed by atoms with Gasteiger partial charge in [-0.05, 0) is 44.9 Å². The first-order valence-electron chi connectivity index (χ1n) is 13.5. The van der Waals surface area contributed by atoms with Gasteiger partial charge in [0.25, 0.3) is 7.82 Å². The second-order valence-electron chi connectivity index (χ2n) is 10.4. The Kier molecular flexibility index (Phi) is 20.6. The standard InChI is InChI=1S/C27H54NO4P/c1-5-6-7-8-9-10-11-12-13-14-15-16-17-18-19-20-21-22-23-24-25-27(26-28(2,3)4)32-33(29,30)31/h7-8,12-13,27H,5-6,9-11,14-26H2,1-4H3,(H-,29,30,31)/b8-7-,13-12-. The molecule has 0 saturated carbocycles. The van der Waals surface area contributed by atoms with Crippen LogP contribution < -0.4 is 4.89 Å². The number of quaternary nitrogens is 1. The van der Waals surface area contributed by atoms with E-state index >= 15 is 0 Å². The van der Waals surface area contributed by atoms with E-state index in [9.17, 15) is 9.46 Å². The zero-order valence-electron chi connectivity index (χ0n) is 22.2. The fraction of sp³-hybridized carbons (Fsp3) is 0.852. The highest BCUT2D eigenvalue weighted by Gasteiger charge is 2.22. The van der Waals surface area contributed by atoms with E-state index < -0.39 is 13.9 Å². The van der Waals surface area contributed by atoms with Crippen molar-refractivity contribution in [1.82, 2.24) is 0 Å². The third kappa shape index (κ3) is 27.7. The minimum atomic E-state index is -4.67. The predicted octanol–water partition coefficient (Wildman–Crippen LogP) is 7.30. The van der Waals surface area contributed by atoms with E-state index in [1.807, 2.05) is 21.1 Å². The monoisotopic (exact) mass is 487 g/mol. The molecule has 0 aromatic carbocycles. The summed E-state index contributed by atoms with van der Waals surface area (Å²) in [5.41, 5.74) is 0. The number of likely N-dealkylation sites (N-methyl/N-ethyl adjacent to an activating group) is 1. The van der Waals surface area contributed by atoms with E-state index in [-0.39, 0.29) is 0 Å². The normalized spacial score (nSPS) is 15.5. The zero-order valence-corrected chi connectivity index (χ0v) is 23.1. The van der Waals surface area contributed by atoms with Crippen LogP contribution in [-0.4, -0.2) is 43.2 Å². The summed E-state index contributed by atoms with van der Waals surface area (Å²) in [5.74, 6) is 0. The van der Waals surface area contributed by atoms with Gasteiger partial charge in [0, 0.05) is 0 Å². The van der Waals surface area contributed by atoms with Crippen LogP contribution in [0.5, 0.6) is 0 Å². The van der Waals surface area contributed by atoms with Gasteiger partial charge in [-0.1, -0.05) is 95.4 Å². The van der Waals surface area contributed by atoms with Crippen LogP contribution in [0.25, 0.3) is 0 Å². The molecule has 0 saturated heterocycles. The van der Waals surface area contributed by atoms with Crippen molar-refractivity contribution in [1.29, 1.82) is 0 Å². The Balaban J connectivity index is 3.51. The highest BCUT2D eigenvalue weighted by molar-refractivity contribution is 7.44. The molecule has 5 nitrogen and oxygen atoms in total. The van der Waals surface area contributed by atoms with Gasteiger partial charge in [0.1, 0.15) is 12.6 Å². The molecular formula is C27H54NO4P. The molecule has 0 aromatic rings. The van der Waals surface area contributed by atoms with Crippen molar-refractivity contribution in [3.63, 3.8) is 0 Å². The summed E-state index contributed by atoms with van der Waals surface area (Å²) in [6.45, 7) is 2.79. The summed E-state index contributed by atoms with van der Waals surface area (Å²) in [7, 11) is 1.32. The van der Waals surface area contributed by atoms with Crippen LogP contribution in [-0.2, 0) is 9.09 Å². The van der Waals surface area contributed by atoms with Crippen molar-refractivity contribution < 1.29 is 23.4 Å². The molecule has 0 aliphatic rings. The maximum absolute atomic E-state index is 11.1. The molecule has 196 valence electrons. The molecule has 0 radical (unpaired) electrons. The molecule has 6 heteroatoms. The third-order valence-corrected chi connectivity index (χ3v) is 6.28. The Morgan fingerprint density at radius 3 is 1.64 bits per heavy atom. The van der Waals surface area contributed by atoms with Crippen LogP contribution in [0.4, 0.5) is 0 Å². The fourth-order valence-electron chi connectivity index (χ4n) is 4.02. The predicted molar refractivity (Wildman–Crippen MR) is 140 cm³/mol. The SMILES string of the molecule is CCC/C=C\CCC/C=C\CCCCCCCCCCCCC(C[N+](C)(C)C)OP(=O)([O-])O. The van der Waals surface area contributed by atoms with E-state index in [1.54, 1.807) is 0 Å². The maximum Gasteiger partial charge on any atom is 0.265 e. The minimum absolute atomic E-state index is 0.444. The summed E-state index contributed by atoms with van der Waals surface area (Å²) in [6, 6.07) is 0. The average molecular weight is 488 g/mol. The maximum atomic E-state index is 11.1. The molecular weight excluding hydrogens is 433 g/mol. The van der Waals surface area contributed by atoms with Gasteiger partial charge in [0.15, 0.2) is 0 Å². The van der Waals surface area contributed by atoms with Crippen molar-refractivity contribution in [3.8, 4) is 0 Å². The summed E-state index contributed by atoms with van der Waals surface area (Å²) >= 11 is 0. The second-order valence-corrected chi connectivity index (χ2v) is 11.6. The topological polar surface area (TPSA) is 69.6 Å². The van der Waals surface area contributed by atoms with Crippen molar-refractivity contribution in [2.45, 2.75) is 122 Å². The van der Waals surface area contributed by atoms with Crippen molar-refractivity contribution in [2.75, 3.05) is 27.7 Å². The molecule has 0 fully saturated rings. The summed E-state index contributed by atoms with van der Waals surface area (Å²) in [6.07, 6.45) is 29.4. The number of rotatable bonds is 23. The Labute approximate surface area is 205 Å². The smallest absolute Gasteiger partial charge is 0.265 e. The third-order valence-electron chi connectivity index (χ3n) is 5.71. The molecule has 0 aliphatic heterocycles. The molecule has 2 atom stereocenters. The number of allylic oxidation sites excluding steroid dienone is 4. The molecule has 1 N–H and O–H groups in total. The van der Waals surface area contributed by atoms with Crippen LogP contribution >= 0.6 is 7.82 Å². The summed E-state index contributed by atoms with van der Waals surface area (Å²) in [5, 5.41) is 0. The first kappa shape index (κ1) is 32.5. The van der Waals surface area contributed by atoms with Gasteiger partial charge < -0.3 is 18.8 Å². The first-order chi connectivity index (χ1) is 15.6. The van der Waals surface area contributed by atoms with E-state index in [0.29, 0.717) is 17.4 Å². The van der Waals surface area contributed by atoms with Gasteiger partial charge >= 0.3 is 0 Å². The number of hydrogen-bond donors (Lipinski definition) is 1. The molecule has 0 amide bonds. The Hall–Kier alpha value is -0.450. The highest BCUT2D eigenvalue weighted by Crippen LogP contribution is 2.34. The lowest BCUT2D eigenvalue weighted by molar-refractivity contribution is -0.873. The zero-order chi connectivity index (χ0) is 24.8. The molecule has 0 rings (SSSR count). The second kappa shape index (κ2) is 20.9. The van der Waals surface area contributed by atoms with Crippen LogP contribution in [0.2, 0.25) is 0 Å². The molecule has 33 heavy (non-hydrogen) atoms. The van der Waals surface area contributed by atoms with Crippen LogP contribution in [0.3, 0.4) is 0 Å². The minimum Gasteiger partial charge on any atom is -0.756 e. The Morgan fingerprint density at radius 1 is 0.758 bits per heavy atom. The van der Waals surface area contributed by atoms with E-state index in [4.69, 9.17) is 9.42 Å². The van der Waals surface area contributed by atoms with E-state index in [1.165, 1.54) is 89.9 Å². The summed E-state index contributed by atoms with van der Waals surface area (Å²) < 4.78 is 16.6. The molecule has 0 aliphatic carbocycles. The molecule has 0 heterocycles. The van der Waals surface area contributed by atoms with Gasteiger partial charge in [0.2, 0.25) is 0 Å². The fourth-order valence-corrected chi connectivity index (χ4v) is 4.57. The van der Waals surface area contributed by atoms with Crippen molar-refractivity contribution in [2.24, 2.45) is 0 Å². The largest absolute Gasteiger partial charge is 0.756 e. The Bertz CT molecular complexity index is 537. The average Bonchev–Trinajstić information content (AvgIpc) is 2.70. The van der Waals surface area contributed by atoms with Gasteiger partial charge in [0.05, 0.1) is 21.1 Å². The van der Waals surface area contributed by atoms with Gasteiger partial charge in [-0.15, -0.1) is 0 Å². The van der Waals surface area contributed by atoms with Gasteiger partial charge in [-0.3, -0.25) is 4.57 Å². The lowest BCUT2D eigenvalue weighted by atomic mass is 10.0. The number of phosphoric acid groups is 1. The number of hydrogen-bond acceptors (Lipinski definition) is 3. The molecule has 0 spiro atoms. The number of phosphoric ester groups is 1. The molecule has 0 aromatic heterocycles. The first-order valence-corrected chi connectivity index (χ1v) is 15.0. The molecule has 0 bridgehead atoms. The summed E-state index contributed by atoms with van der Waals surface area (Å²) in [4.78, 5) is 20.1. The molecule has 2 unspecified atom stereocenters. The van der Waals surface area contributed by atoms with Gasteiger partial charge in [-0.2, -0.15) is 0 Å². The van der Waals surface area contributed by atoms with E-state index in [2.05, 4.69) is 31.2 Å². The van der Waals surface area contributed by atoms with E-state index in [0.717, 1.165) is 12.8 Å². The number of unbranched alkanes of at least 4 members (excludes halogenated alkanes) is 13. The lowest BCUT2D eigenvalue weighted by Gasteiger charge is -2.31. The highest BCUT2D eigenvalue weighted by atomic mass is 31.2. The van der Waals surface area contributed by atoms with Gasteiger partial charge in [-0.25, -0.2) is 0 Å². The quantitative estimate of drug-likeness (QED) is 0.0710. The number of nitrogens with zero attached hydrogens (tertiary/aromatic N) is 1. The van der Waals surface area contributed by atoms with Crippen LogP contribution in [0.1, 0.15) is 116 Å². The van der Waals surface area contributed by atoms with Crippen molar-refractivity contribution in [3.05, 3.63) is 24.3 Å².